The van der Waals surface area contributed by atoms with Crippen molar-refractivity contribution in [3.63, 3.8) is 0 Å². The fraction of sp³-hybridized carbons (Fsp3) is 0.750. The number of hydrogen-bond acceptors (Lipinski definition) is 0. The highest BCUT2D eigenvalue weighted by atomic mass is 14.0. The zero-order valence-corrected chi connectivity index (χ0v) is 8.69. The van der Waals surface area contributed by atoms with Crippen molar-refractivity contribution < 1.29 is 0 Å². The number of rotatable bonds is 4. The molecule has 0 nitrogen and oxygen atoms in total. The summed E-state index contributed by atoms with van der Waals surface area (Å²) in [6, 6.07) is 0. The summed E-state index contributed by atoms with van der Waals surface area (Å²) < 4.78 is 0. The Balaban J connectivity index is 3.56. The van der Waals surface area contributed by atoms with Crippen LogP contribution in [0.25, 0.3) is 0 Å². The molecule has 0 aliphatic rings. The molecule has 0 aliphatic heterocycles. The molecule has 0 heterocycles. The second-order valence-electron chi connectivity index (χ2n) is 3.48. The molecule has 0 aromatic carbocycles. The summed E-state index contributed by atoms with van der Waals surface area (Å²) in [6.45, 7) is 10.5. The minimum absolute atomic E-state index is 0.543. The highest BCUT2D eigenvalue weighted by Crippen LogP contribution is 2.06. The third kappa shape index (κ3) is 6.28. The van der Waals surface area contributed by atoms with Crippen LogP contribution in [0.4, 0.5) is 0 Å². The van der Waals surface area contributed by atoms with Crippen LogP contribution in [0.15, 0.2) is 0 Å². The van der Waals surface area contributed by atoms with Gasteiger partial charge in [-0.3, -0.25) is 0 Å². The minimum atomic E-state index is 0.543. The first-order valence-electron chi connectivity index (χ1n) is 5.02. The summed E-state index contributed by atoms with van der Waals surface area (Å²) >= 11 is 0. The zero-order valence-electron chi connectivity index (χ0n) is 8.69. The summed E-state index contributed by atoms with van der Waals surface area (Å²) in [5, 5.41) is 0. The van der Waals surface area contributed by atoms with Crippen molar-refractivity contribution in [1.82, 2.24) is 0 Å². The molecule has 0 aromatic heterocycles. The van der Waals surface area contributed by atoms with Crippen LogP contribution in [0.3, 0.4) is 0 Å². The molecule has 1 radical (unpaired) electrons. The van der Waals surface area contributed by atoms with Crippen molar-refractivity contribution >= 4 is 0 Å². The van der Waals surface area contributed by atoms with Crippen LogP contribution in [0, 0.1) is 30.6 Å². The van der Waals surface area contributed by atoms with Crippen LogP contribution >= 0.6 is 0 Å². The Kier molecular flexibility index (Phi) is 6.96. The summed E-state index contributed by atoms with van der Waals surface area (Å²) in [5.41, 5.74) is 0. The van der Waals surface area contributed by atoms with E-state index in [9.17, 15) is 0 Å². The molecular formula is C12H21. The van der Waals surface area contributed by atoms with Gasteiger partial charge in [0.25, 0.3) is 0 Å². The van der Waals surface area contributed by atoms with Crippen molar-refractivity contribution in [1.29, 1.82) is 0 Å². The zero-order chi connectivity index (χ0) is 9.40. The van der Waals surface area contributed by atoms with Crippen molar-refractivity contribution in [2.75, 3.05) is 0 Å². The molecule has 0 amide bonds. The summed E-state index contributed by atoms with van der Waals surface area (Å²) in [5.74, 6) is 7.68. The standard InChI is InChI=1S/C12H21/c1-5-12(6-2)10-8-7-9-11(3)4/h11-12H,3,5-7,9H2,1-2,4H3. The average molecular weight is 165 g/mol. The molecule has 1 atom stereocenters. The van der Waals surface area contributed by atoms with Gasteiger partial charge in [0.1, 0.15) is 0 Å². The van der Waals surface area contributed by atoms with Crippen molar-refractivity contribution in [2.24, 2.45) is 11.8 Å². The van der Waals surface area contributed by atoms with Gasteiger partial charge in [0.2, 0.25) is 0 Å². The highest BCUT2D eigenvalue weighted by Gasteiger charge is 1.95. The summed E-state index contributed by atoms with van der Waals surface area (Å²) in [4.78, 5) is 0. The van der Waals surface area contributed by atoms with Gasteiger partial charge < -0.3 is 0 Å². The van der Waals surface area contributed by atoms with Crippen LogP contribution in [-0.2, 0) is 0 Å². The maximum absolute atomic E-state index is 3.93. The lowest BCUT2D eigenvalue weighted by Crippen LogP contribution is -1.91. The molecule has 0 saturated carbocycles. The first-order chi connectivity index (χ1) is 5.70. The van der Waals surface area contributed by atoms with E-state index < -0.39 is 0 Å². The lowest BCUT2D eigenvalue weighted by atomic mass is 10.0. The van der Waals surface area contributed by atoms with Gasteiger partial charge >= 0.3 is 0 Å². The Morgan fingerprint density at radius 2 is 1.83 bits per heavy atom. The van der Waals surface area contributed by atoms with E-state index in [1.807, 2.05) is 0 Å². The van der Waals surface area contributed by atoms with Gasteiger partial charge in [-0.25, -0.2) is 0 Å². The molecule has 0 N–H and O–H groups in total. The third-order valence-corrected chi connectivity index (χ3v) is 2.05. The predicted molar refractivity (Wildman–Crippen MR) is 55.6 cm³/mol. The molecule has 0 spiro atoms. The van der Waals surface area contributed by atoms with Crippen LogP contribution < -0.4 is 0 Å². The van der Waals surface area contributed by atoms with E-state index in [4.69, 9.17) is 0 Å². The monoisotopic (exact) mass is 165 g/mol. The van der Waals surface area contributed by atoms with Gasteiger partial charge in [-0.1, -0.05) is 33.6 Å². The van der Waals surface area contributed by atoms with E-state index in [-0.39, 0.29) is 0 Å². The lowest BCUT2D eigenvalue weighted by molar-refractivity contribution is 0.623. The average Bonchev–Trinajstić information content (AvgIpc) is 2.04. The fourth-order valence-corrected chi connectivity index (χ4v) is 1.03. The Labute approximate surface area is 77.8 Å². The summed E-state index contributed by atoms with van der Waals surface area (Å²) in [6.07, 6.45) is 4.52. The van der Waals surface area contributed by atoms with E-state index in [0.717, 1.165) is 12.8 Å². The van der Waals surface area contributed by atoms with Crippen molar-refractivity contribution in [3.8, 4) is 11.8 Å². The van der Waals surface area contributed by atoms with Crippen molar-refractivity contribution in [2.45, 2.75) is 46.5 Å². The van der Waals surface area contributed by atoms with E-state index >= 15 is 0 Å². The largest absolute Gasteiger partial charge is 0.103 e. The van der Waals surface area contributed by atoms with Gasteiger partial charge in [-0.2, -0.15) is 0 Å². The van der Waals surface area contributed by atoms with Crippen LogP contribution in [-0.4, -0.2) is 0 Å². The first-order valence-corrected chi connectivity index (χ1v) is 5.02. The molecular weight excluding hydrogens is 144 g/mol. The summed E-state index contributed by atoms with van der Waals surface area (Å²) in [7, 11) is 0. The first kappa shape index (κ1) is 11.6. The third-order valence-electron chi connectivity index (χ3n) is 2.05. The minimum Gasteiger partial charge on any atom is -0.103 e. The van der Waals surface area contributed by atoms with Gasteiger partial charge in [0, 0.05) is 12.3 Å². The lowest BCUT2D eigenvalue weighted by Gasteiger charge is -2.01. The molecule has 0 saturated heterocycles. The Hall–Kier alpha value is -0.440. The SMILES string of the molecule is [CH2]C(C)CCC#CC(CC)CC. The molecule has 0 aromatic rings. The van der Waals surface area contributed by atoms with E-state index in [0.29, 0.717) is 11.8 Å². The van der Waals surface area contributed by atoms with Crippen LogP contribution in [0.2, 0.25) is 0 Å². The van der Waals surface area contributed by atoms with Crippen LogP contribution in [0.1, 0.15) is 46.5 Å². The fourth-order valence-electron chi connectivity index (χ4n) is 1.03. The van der Waals surface area contributed by atoms with Gasteiger partial charge in [-0.05, 0) is 25.2 Å². The topological polar surface area (TPSA) is 0 Å². The molecule has 0 aliphatic carbocycles. The second kappa shape index (κ2) is 7.22. The smallest absolute Gasteiger partial charge is 0.0197 e. The predicted octanol–water partition coefficient (Wildman–Crippen LogP) is 3.68. The van der Waals surface area contributed by atoms with Gasteiger partial charge in [-0.15, -0.1) is 5.92 Å². The van der Waals surface area contributed by atoms with Gasteiger partial charge in [0.15, 0.2) is 0 Å². The Morgan fingerprint density at radius 1 is 1.25 bits per heavy atom. The number of hydrogen-bond donors (Lipinski definition) is 0. The second-order valence-corrected chi connectivity index (χ2v) is 3.48. The molecule has 0 heteroatoms. The maximum Gasteiger partial charge on any atom is 0.0197 e. The van der Waals surface area contributed by atoms with E-state index in [2.05, 4.69) is 39.5 Å². The Morgan fingerprint density at radius 3 is 2.25 bits per heavy atom. The van der Waals surface area contributed by atoms with E-state index in [1.54, 1.807) is 0 Å². The van der Waals surface area contributed by atoms with E-state index in [1.165, 1.54) is 12.8 Å². The van der Waals surface area contributed by atoms with Crippen molar-refractivity contribution in [3.05, 3.63) is 6.92 Å². The molecule has 12 heavy (non-hydrogen) atoms. The molecule has 0 bridgehead atoms. The highest BCUT2D eigenvalue weighted by molar-refractivity contribution is 5.03. The maximum atomic E-state index is 3.93. The molecule has 0 fully saturated rings. The normalized spacial score (nSPS) is 10.2. The van der Waals surface area contributed by atoms with Crippen LogP contribution in [0.5, 0.6) is 0 Å². The van der Waals surface area contributed by atoms with Gasteiger partial charge in [0.05, 0.1) is 0 Å². The Bertz CT molecular complexity index is 141. The molecule has 0 rings (SSSR count). The molecule has 69 valence electrons. The molecule has 1 unspecified atom stereocenters. The quantitative estimate of drug-likeness (QED) is 0.557.